The molecule has 1 aromatic rings. The Morgan fingerprint density at radius 3 is 2.52 bits per heavy atom. The third kappa shape index (κ3) is 5.02. The van der Waals surface area contributed by atoms with Crippen LogP contribution in [-0.2, 0) is 6.54 Å². The van der Waals surface area contributed by atoms with Gasteiger partial charge in [0.1, 0.15) is 0 Å². The normalized spacial score (nSPS) is 26.4. The Hall–Kier alpha value is -1.45. The maximum Gasteiger partial charge on any atom is 0.0991 e. The highest BCUT2D eigenvalue weighted by atomic mass is 16.3. The van der Waals surface area contributed by atoms with Crippen LogP contribution in [0.3, 0.4) is 0 Å². The van der Waals surface area contributed by atoms with Crippen molar-refractivity contribution in [2.45, 2.75) is 13.0 Å². The van der Waals surface area contributed by atoms with Crippen molar-refractivity contribution in [3.8, 4) is 6.07 Å². The van der Waals surface area contributed by atoms with E-state index in [4.69, 9.17) is 5.26 Å². The topological polar surface area (TPSA) is 53.7 Å². The first-order chi connectivity index (χ1) is 12.2. The van der Waals surface area contributed by atoms with E-state index in [0.29, 0.717) is 17.4 Å². The van der Waals surface area contributed by atoms with Crippen LogP contribution in [0.4, 0.5) is 0 Å². The zero-order valence-corrected chi connectivity index (χ0v) is 15.3. The highest BCUT2D eigenvalue weighted by Crippen LogP contribution is 2.26. The Labute approximate surface area is 151 Å². The summed E-state index contributed by atoms with van der Waals surface area (Å²) < 4.78 is 0. The van der Waals surface area contributed by atoms with Crippen LogP contribution in [0.1, 0.15) is 17.5 Å². The predicted octanol–water partition coefficient (Wildman–Crippen LogP) is 1.24. The van der Waals surface area contributed by atoms with Gasteiger partial charge in [0.05, 0.1) is 11.6 Å². The number of likely N-dealkylation sites (tertiary alicyclic amines) is 1. The molecule has 2 aliphatic heterocycles. The number of aliphatic hydroxyl groups is 1. The average molecular weight is 342 g/mol. The fraction of sp³-hybridized carbons (Fsp3) is 0.650. The molecule has 1 N–H and O–H groups in total. The van der Waals surface area contributed by atoms with Crippen LogP contribution in [0.15, 0.2) is 24.3 Å². The van der Waals surface area contributed by atoms with E-state index in [9.17, 15) is 5.11 Å². The molecule has 2 heterocycles. The molecule has 0 aliphatic carbocycles. The molecule has 0 aromatic heterocycles. The van der Waals surface area contributed by atoms with Gasteiger partial charge in [-0.2, -0.15) is 5.26 Å². The summed E-state index contributed by atoms with van der Waals surface area (Å²) in [7, 11) is 2.20. The molecule has 3 rings (SSSR count). The molecule has 25 heavy (non-hydrogen) atoms. The summed E-state index contributed by atoms with van der Waals surface area (Å²) in [6, 6.07) is 10.0. The molecule has 136 valence electrons. The van der Waals surface area contributed by atoms with E-state index < -0.39 is 0 Å². The first kappa shape index (κ1) is 18.3. The number of nitriles is 1. The average Bonchev–Trinajstić information content (AvgIpc) is 2.89. The third-order valence-electron chi connectivity index (χ3n) is 5.68. The first-order valence-corrected chi connectivity index (χ1v) is 9.41. The van der Waals surface area contributed by atoms with Crippen LogP contribution < -0.4 is 0 Å². The second kappa shape index (κ2) is 8.77. The quantitative estimate of drug-likeness (QED) is 0.872. The van der Waals surface area contributed by atoms with Crippen LogP contribution in [0.5, 0.6) is 0 Å². The summed E-state index contributed by atoms with van der Waals surface area (Å²) >= 11 is 0. The maximum atomic E-state index is 9.83. The molecule has 2 saturated heterocycles. The molecular weight excluding hydrogens is 312 g/mol. The number of aliphatic hydroxyl groups excluding tert-OH is 1. The first-order valence-electron chi connectivity index (χ1n) is 9.41. The van der Waals surface area contributed by atoms with Gasteiger partial charge in [0.15, 0.2) is 0 Å². The van der Waals surface area contributed by atoms with E-state index >= 15 is 0 Å². The van der Waals surface area contributed by atoms with E-state index in [2.05, 4.69) is 27.8 Å². The van der Waals surface area contributed by atoms with E-state index in [1.807, 2.05) is 24.3 Å². The Kier molecular flexibility index (Phi) is 6.44. The second-order valence-electron chi connectivity index (χ2n) is 7.66. The molecule has 2 fully saturated rings. The predicted molar refractivity (Wildman–Crippen MR) is 99.1 cm³/mol. The van der Waals surface area contributed by atoms with E-state index in [0.717, 1.165) is 39.3 Å². The van der Waals surface area contributed by atoms with Gasteiger partial charge in [0.2, 0.25) is 0 Å². The molecule has 0 saturated carbocycles. The lowest BCUT2D eigenvalue weighted by Crippen LogP contribution is -2.36. The Morgan fingerprint density at radius 2 is 1.80 bits per heavy atom. The molecular formula is C20H30N4O. The van der Waals surface area contributed by atoms with Gasteiger partial charge in [-0.15, -0.1) is 0 Å². The van der Waals surface area contributed by atoms with Crippen LogP contribution in [0.25, 0.3) is 0 Å². The van der Waals surface area contributed by atoms with Crippen molar-refractivity contribution in [1.82, 2.24) is 14.7 Å². The summed E-state index contributed by atoms with van der Waals surface area (Å²) in [6.45, 7) is 8.95. The van der Waals surface area contributed by atoms with Crippen molar-refractivity contribution in [2.24, 2.45) is 11.8 Å². The van der Waals surface area contributed by atoms with Gasteiger partial charge >= 0.3 is 0 Å². The van der Waals surface area contributed by atoms with Gasteiger partial charge in [0.25, 0.3) is 0 Å². The number of hydrogen-bond acceptors (Lipinski definition) is 5. The van der Waals surface area contributed by atoms with Gasteiger partial charge in [-0.3, -0.25) is 4.90 Å². The Balaban J connectivity index is 1.55. The largest absolute Gasteiger partial charge is 0.396 e. The van der Waals surface area contributed by atoms with Crippen molar-refractivity contribution in [3.05, 3.63) is 35.4 Å². The Morgan fingerprint density at radius 1 is 1.04 bits per heavy atom. The molecule has 5 nitrogen and oxygen atoms in total. The van der Waals surface area contributed by atoms with Gasteiger partial charge in [-0.1, -0.05) is 12.1 Å². The minimum Gasteiger partial charge on any atom is -0.396 e. The molecule has 0 radical (unpaired) electrons. The number of benzene rings is 1. The standard InChI is InChI=1S/C20H30N4O/c1-22-7-2-8-23(10-9-22)13-19-14-24(15-20(19)16-25)12-18-5-3-17(11-21)4-6-18/h3-6,19-20,25H,2,7-10,12-16H2,1H3/t19-,20-/m1/s1. The minimum absolute atomic E-state index is 0.280. The van der Waals surface area contributed by atoms with Crippen LogP contribution in [0, 0.1) is 23.2 Å². The molecule has 2 aliphatic rings. The van der Waals surface area contributed by atoms with Crippen molar-refractivity contribution in [3.63, 3.8) is 0 Å². The van der Waals surface area contributed by atoms with Crippen molar-refractivity contribution in [1.29, 1.82) is 5.26 Å². The van der Waals surface area contributed by atoms with Gasteiger partial charge < -0.3 is 14.9 Å². The molecule has 0 spiro atoms. The zero-order valence-electron chi connectivity index (χ0n) is 15.3. The van der Waals surface area contributed by atoms with Crippen LogP contribution in [-0.4, -0.2) is 79.3 Å². The van der Waals surface area contributed by atoms with E-state index in [1.165, 1.54) is 25.1 Å². The molecule has 0 amide bonds. The fourth-order valence-corrected chi connectivity index (χ4v) is 4.14. The van der Waals surface area contributed by atoms with Crippen molar-refractivity contribution in [2.75, 3.05) is 59.5 Å². The lowest BCUT2D eigenvalue weighted by atomic mass is 9.96. The summed E-state index contributed by atoms with van der Waals surface area (Å²) in [4.78, 5) is 7.45. The van der Waals surface area contributed by atoms with Gasteiger partial charge in [0, 0.05) is 45.9 Å². The lowest BCUT2D eigenvalue weighted by Gasteiger charge is -2.26. The smallest absolute Gasteiger partial charge is 0.0991 e. The van der Waals surface area contributed by atoms with Crippen LogP contribution >= 0.6 is 0 Å². The molecule has 0 unspecified atom stereocenters. The summed E-state index contributed by atoms with van der Waals surface area (Å²) in [5, 5.41) is 18.7. The third-order valence-corrected chi connectivity index (χ3v) is 5.68. The number of hydrogen-bond donors (Lipinski definition) is 1. The SMILES string of the molecule is CN1CCCN(C[C@@H]2CN(Cc3ccc(C#N)cc3)C[C@@H]2CO)CC1. The highest BCUT2D eigenvalue weighted by molar-refractivity contribution is 5.31. The highest BCUT2D eigenvalue weighted by Gasteiger charge is 2.33. The Bertz CT molecular complexity index is 582. The second-order valence-corrected chi connectivity index (χ2v) is 7.66. The van der Waals surface area contributed by atoms with Gasteiger partial charge in [-0.05, 0) is 56.1 Å². The molecule has 0 bridgehead atoms. The van der Waals surface area contributed by atoms with E-state index in [-0.39, 0.29) is 6.61 Å². The van der Waals surface area contributed by atoms with Crippen molar-refractivity contribution >= 4 is 0 Å². The summed E-state index contributed by atoms with van der Waals surface area (Å²) in [5.41, 5.74) is 1.95. The minimum atomic E-state index is 0.280. The summed E-state index contributed by atoms with van der Waals surface area (Å²) in [5.74, 6) is 0.922. The zero-order chi connectivity index (χ0) is 17.6. The number of nitrogens with zero attached hydrogens (tertiary/aromatic N) is 4. The van der Waals surface area contributed by atoms with Gasteiger partial charge in [-0.25, -0.2) is 0 Å². The monoisotopic (exact) mass is 342 g/mol. The fourth-order valence-electron chi connectivity index (χ4n) is 4.14. The lowest BCUT2D eigenvalue weighted by molar-refractivity contribution is 0.165. The van der Waals surface area contributed by atoms with Crippen molar-refractivity contribution < 1.29 is 5.11 Å². The number of likely N-dealkylation sites (N-methyl/N-ethyl adjacent to an activating group) is 1. The molecule has 2 atom stereocenters. The van der Waals surface area contributed by atoms with Crippen LogP contribution in [0.2, 0.25) is 0 Å². The summed E-state index contributed by atoms with van der Waals surface area (Å²) in [6.07, 6.45) is 1.24. The molecule has 1 aromatic carbocycles. The molecule has 5 heteroatoms. The maximum absolute atomic E-state index is 9.83. The number of rotatable bonds is 5. The van der Waals surface area contributed by atoms with E-state index in [1.54, 1.807) is 0 Å².